The van der Waals surface area contributed by atoms with E-state index in [-0.39, 0.29) is 0 Å². The topological polar surface area (TPSA) is 89.9 Å². The molecule has 0 radical (unpaired) electrons. The first kappa shape index (κ1) is 22.0. The molecule has 0 fully saturated rings. The fraction of sp³-hybridized carbons (Fsp3) is 0.240. The van der Waals surface area contributed by atoms with E-state index in [9.17, 15) is 13.6 Å². The minimum atomic E-state index is -2.50. The normalized spacial score (nSPS) is 16.1. The number of carbonyl (C=O) groups is 1. The lowest BCUT2D eigenvalue weighted by Gasteiger charge is -2.38. The molecule has 6 nitrogen and oxygen atoms in total. The van der Waals surface area contributed by atoms with Gasteiger partial charge >= 0.3 is 5.97 Å². The van der Waals surface area contributed by atoms with Gasteiger partial charge in [0.2, 0.25) is 0 Å². The van der Waals surface area contributed by atoms with E-state index in [2.05, 4.69) is 0 Å². The van der Waals surface area contributed by atoms with Crippen LogP contribution >= 0.6 is 0 Å². The lowest BCUT2D eigenvalue weighted by Crippen LogP contribution is -2.33. The maximum Gasteiger partial charge on any atom is 0.341 e. The van der Waals surface area contributed by atoms with E-state index >= 15 is 0 Å². The van der Waals surface area contributed by atoms with Crippen LogP contribution in [0.4, 0.5) is 5.69 Å². The van der Waals surface area contributed by atoms with Crippen LogP contribution in [-0.4, -0.2) is 26.4 Å². The molecule has 0 aliphatic heterocycles. The molecule has 32 heavy (non-hydrogen) atoms. The lowest BCUT2D eigenvalue weighted by atomic mass is 9.86. The van der Waals surface area contributed by atoms with Crippen LogP contribution in [0.2, 0.25) is 0 Å². The van der Waals surface area contributed by atoms with Gasteiger partial charge < -0.3 is 14.4 Å². The predicted molar refractivity (Wildman–Crippen MR) is 123 cm³/mol. The van der Waals surface area contributed by atoms with Crippen LogP contribution < -0.4 is 9.04 Å². The van der Waals surface area contributed by atoms with Crippen molar-refractivity contribution in [3.05, 3.63) is 83.4 Å². The number of aryl methyl sites for hydroxylation is 1. The fourth-order valence-electron chi connectivity index (χ4n) is 4.25. The number of fused-ring (bicyclic) bond motifs is 1. The zero-order valence-corrected chi connectivity index (χ0v) is 18.5. The third-order valence-corrected chi connectivity index (χ3v) is 6.50. The van der Waals surface area contributed by atoms with Crippen molar-refractivity contribution in [2.45, 2.75) is 32.2 Å². The van der Waals surface area contributed by atoms with E-state index in [1.165, 1.54) is 4.31 Å². The van der Waals surface area contributed by atoms with Gasteiger partial charge in [-0.1, -0.05) is 54.1 Å². The van der Waals surface area contributed by atoms with Crippen LogP contribution in [-0.2, 0) is 22.5 Å². The molecule has 1 N–H and O–H groups in total. The minimum Gasteiger partial charge on any atom is -0.755 e. The van der Waals surface area contributed by atoms with E-state index in [0.717, 1.165) is 34.2 Å². The van der Waals surface area contributed by atoms with Crippen molar-refractivity contribution < 1.29 is 23.4 Å². The number of rotatable bonds is 7. The highest BCUT2D eigenvalue weighted by molar-refractivity contribution is 7.80. The van der Waals surface area contributed by atoms with E-state index in [0.29, 0.717) is 24.3 Å². The number of carboxylic acid groups (broad SMARTS) is 1. The van der Waals surface area contributed by atoms with Crippen molar-refractivity contribution >= 4 is 22.9 Å². The molecule has 1 aliphatic carbocycles. The van der Waals surface area contributed by atoms with Gasteiger partial charge in [0.1, 0.15) is 5.75 Å². The second kappa shape index (κ2) is 9.54. The molecule has 3 aromatic rings. The molecule has 0 amide bonds. The number of ether oxygens (including phenoxy) is 1. The largest absolute Gasteiger partial charge is 0.755 e. The van der Waals surface area contributed by atoms with Crippen LogP contribution in [0.5, 0.6) is 5.75 Å². The molecule has 0 saturated carbocycles. The van der Waals surface area contributed by atoms with Crippen LogP contribution in [0.1, 0.15) is 35.6 Å². The second-order valence-electron chi connectivity index (χ2n) is 7.87. The highest BCUT2D eigenvalue weighted by atomic mass is 32.2. The molecule has 4 rings (SSSR count). The van der Waals surface area contributed by atoms with Crippen LogP contribution in [0, 0.1) is 6.92 Å². The molecule has 7 heteroatoms. The Balaban J connectivity index is 1.72. The number of hydrogen-bond donors (Lipinski definition) is 1. The van der Waals surface area contributed by atoms with Crippen molar-refractivity contribution in [1.29, 1.82) is 0 Å². The van der Waals surface area contributed by atoms with Gasteiger partial charge in [0.05, 0.1) is 6.04 Å². The van der Waals surface area contributed by atoms with Crippen LogP contribution in [0.25, 0.3) is 11.1 Å². The van der Waals surface area contributed by atoms with Gasteiger partial charge in [-0.15, -0.1) is 0 Å². The molecule has 3 aromatic carbocycles. The first-order valence-corrected chi connectivity index (χ1v) is 11.5. The second-order valence-corrected chi connectivity index (χ2v) is 8.70. The molecule has 2 unspecified atom stereocenters. The molecule has 0 bridgehead atoms. The van der Waals surface area contributed by atoms with Gasteiger partial charge in [-0.2, -0.15) is 0 Å². The number of benzene rings is 3. The zero-order chi connectivity index (χ0) is 22.7. The summed E-state index contributed by atoms with van der Waals surface area (Å²) in [6, 6.07) is 20.6. The first-order chi connectivity index (χ1) is 15.4. The molecule has 0 aromatic heterocycles. The summed E-state index contributed by atoms with van der Waals surface area (Å²) in [7, 11) is 0. The summed E-state index contributed by atoms with van der Waals surface area (Å²) in [6.07, 6.45) is 2.15. The average molecular weight is 451 g/mol. The van der Waals surface area contributed by atoms with Crippen molar-refractivity contribution in [2.75, 3.05) is 10.9 Å². The van der Waals surface area contributed by atoms with Gasteiger partial charge in [-0.3, -0.25) is 8.51 Å². The summed E-state index contributed by atoms with van der Waals surface area (Å²) in [5.74, 6) is -0.551. The first-order valence-electron chi connectivity index (χ1n) is 10.5. The summed E-state index contributed by atoms with van der Waals surface area (Å²) >= 11 is -2.50. The SMILES string of the molecule is Cc1ccc(-c2cccc(N(C3CCCc4c(OCC(=O)O)cccc43)S(=O)[O-])c2)cc1. The van der Waals surface area contributed by atoms with Crippen LogP contribution in [0.15, 0.2) is 66.7 Å². The highest BCUT2D eigenvalue weighted by Gasteiger charge is 2.29. The third kappa shape index (κ3) is 4.69. The van der Waals surface area contributed by atoms with Gasteiger partial charge in [0.25, 0.3) is 0 Å². The molecule has 1 aliphatic rings. The van der Waals surface area contributed by atoms with Gasteiger partial charge in [-0.05, 0) is 66.6 Å². The smallest absolute Gasteiger partial charge is 0.341 e. The average Bonchev–Trinajstić information content (AvgIpc) is 2.78. The lowest BCUT2D eigenvalue weighted by molar-refractivity contribution is -0.139. The predicted octanol–water partition coefficient (Wildman–Crippen LogP) is 4.80. The molecule has 0 heterocycles. The highest BCUT2D eigenvalue weighted by Crippen LogP contribution is 2.41. The van der Waals surface area contributed by atoms with Gasteiger partial charge in [0.15, 0.2) is 6.61 Å². The number of anilines is 1. The quantitative estimate of drug-likeness (QED) is 0.522. The van der Waals surface area contributed by atoms with Gasteiger partial charge in [0, 0.05) is 17.0 Å². The Hall–Kier alpha value is -3.16. The minimum absolute atomic E-state index is 0.390. The van der Waals surface area contributed by atoms with Gasteiger partial charge in [-0.25, -0.2) is 4.79 Å². The molecular weight excluding hydrogens is 426 g/mol. The van der Waals surface area contributed by atoms with Crippen molar-refractivity contribution in [1.82, 2.24) is 0 Å². The fourth-order valence-corrected chi connectivity index (χ4v) is 4.96. The summed E-state index contributed by atoms with van der Waals surface area (Å²) < 4.78 is 31.7. The summed E-state index contributed by atoms with van der Waals surface area (Å²) in [5.41, 5.74) is 5.42. The maximum atomic E-state index is 12.4. The summed E-state index contributed by atoms with van der Waals surface area (Å²) in [5, 5.41) is 8.96. The van der Waals surface area contributed by atoms with Crippen molar-refractivity contribution in [3.8, 4) is 16.9 Å². The number of nitrogens with zero attached hydrogens (tertiary/aromatic N) is 1. The Morgan fingerprint density at radius 2 is 1.88 bits per heavy atom. The van der Waals surface area contributed by atoms with E-state index in [4.69, 9.17) is 9.84 Å². The molecule has 2 atom stereocenters. The number of hydrogen-bond acceptors (Lipinski definition) is 4. The molecule has 0 saturated heterocycles. The Bertz CT molecular complexity index is 1150. The third-order valence-electron chi connectivity index (χ3n) is 5.71. The standard InChI is InChI=1S/C25H25NO5S/c1-17-11-13-18(14-12-17)19-5-2-6-20(15-19)26(32(29)30)23-9-3-8-22-21(23)7-4-10-24(22)31-16-25(27)28/h2,4-7,10-15,23H,3,8-9,16H2,1H3,(H,27,28)(H,29,30)/p-1. The zero-order valence-electron chi connectivity index (χ0n) is 17.7. The number of carboxylic acids is 1. The van der Waals surface area contributed by atoms with Crippen molar-refractivity contribution in [3.63, 3.8) is 0 Å². The van der Waals surface area contributed by atoms with E-state index in [1.807, 2.05) is 55.5 Å². The Kier molecular flexibility index (Phi) is 6.58. The Labute approximate surface area is 189 Å². The summed E-state index contributed by atoms with van der Waals surface area (Å²) in [6.45, 7) is 1.59. The monoisotopic (exact) mass is 450 g/mol. The number of aliphatic carboxylic acids is 1. The Morgan fingerprint density at radius 3 is 2.59 bits per heavy atom. The molecule has 0 spiro atoms. The van der Waals surface area contributed by atoms with Crippen LogP contribution in [0.3, 0.4) is 0 Å². The summed E-state index contributed by atoms with van der Waals surface area (Å²) in [4.78, 5) is 10.9. The van der Waals surface area contributed by atoms with Crippen molar-refractivity contribution in [2.24, 2.45) is 0 Å². The van der Waals surface area contributed by atoms with E-state index in [1.54, 1.807) is 18.2 Å². The molecular formula is C25H24NO5S-. The molecule has 166 valence electrons. The van der Waals surface area contributed by atoms with E-state index < -0.39 is 29.9 Å². The maximum absolute atomic E-state index is 12.4. The Morgan fingerprint density at radius 1 is 1.12 bits per heavy atom.